The predicted octanol–water partition coefficient (Wildman–Crippen LogP) is 6.64. The highest BCUT2D eigenvalue weighted by Gasteiger charge is 2.15. The van der Waals surface area contributed by atoms with Crippen molar-refractivity contribution in [3.63, 3.8) is 0 Å². The Hall–Kier alpha value is -4.00. The Morgan fingerprint density at radius 1 is 0.529 bits per heavy atom. The molecule has 0 aliphatic rings. The van der Waals surface area contributed by atoms with E-state index in [1.54, 1.807) is 22.0 Å². The summed E-state index contributed by atoms with van der Waals surface area (Å²) >= 11 is 12.1. The molecule has 0 radical (unpaired) electrons. The summed E-state index contributed by atoms with van der Waals surface area (Å²) < 4.78 is 0. The van der Waals surface area contributed by atoms with Gasteiger partial charge in [-0.05, 0) is 41.8 Å². The van der Waals surface area contributed by atoms with Crippen LogP contribution in [0.1, 0.15) is 0 Å². The zero-order valence-electron chi connectivity index (χ0n) is 17.7. The Labute approximate surface area is 205 Å². The van der Waals surface area contributed by atoms with Crippen molar-refractivity contribution >= 4 is 34.0 Å². The van der Waals surface area contributed by atoms with Crippen LogP contribution in [-0.2, 0) is 0 Å². The molecule has 0 amide bonds. The van der Waals surface area contributed by atoms with E-state index in [4.69, 9.17) is 33.4 Å². The number of hydrogen-bond acceptors (Lipinski definition) is 4. The van der Waals surface area contributed by atoms with E-state index in [0.29, 0.717) is 10.0 Å². The molecule has 0 fully saturated rings. The summed E-state index contributed by atoms with van der Waals surface area (Å²) in [7, 11) is 0. The average Bonchev–Trinajstić information content (AvgIpc) is 3.55. The van der Waals surface area contributed by atoms with Crippen LogP contribution < -0.4 is 0 Å². The molecule has 0 bridgehead atoms. The molecule has 0 aliphatic heterocycles. The van der Waals surface area contributed by atoms with E-state index in [9.17, 15) is 0 Å². The topological polar surface area (TPSA) is 61.4 Å². The Balaban J connectivity index is 1.46. The number of nitrogens with zero attached hydrogens (tertiary/aromatic N) is 6. The molecular formula is C26H16Cl2N6. The van der Waals surface area contributed by atoms with E-state index in [2.05, 4.69) is 22.3 Å². The first-order valence-corrected chi connectivity index (χ1v) is 11.3. The third-order valence-corrected chi connectivity index (χ3v) is 6.06. The van der Waals surface area contributed by atoms with Gasteiger partial charge in [-0.3, -0.25) is 0 Å². The molecule has 0 N–H and O–H groups in total. The highest BCUT2D eigenvalue weighted by Crippen LogP contribution is 2.29. The number of aromatic nitrogens is 6. The van der Waals surface area contributed by atoms with Gasteiger partial charge in [-0.1, -0.05) is 71.7 Å². The van der Waals surface area contributed by atoms with E-state index < -0.39 is 0 Å². The fourth-order valence-electron chi connectivity index (χ4n) is 3.90. The molecule has 6 rings (SSSR count). The van der Waals surface area contributed by atoms with Crippen LogP contribution in [0, 0.1) is 0 Å². The quantitative estimate of drug-likeness (QED) is 0.282. The van der Waals surface area contributed by atoms with Gasteiger partial charge in [-0.2, -0.15) is 19.8 Å². The second kappa shape index (κ2) is 8.41. The fraction of sp³-hybridized carbons (Fsp3) is 0. The molecule has 34 heavy (non-hydrogen) atoms. The summed E-state index contributed by atoms with van der Waals surface area (Å²) in [5.41, 5.74) is 5.06. The zero-order chi connectivity index (χ0) is 23.1. The van der Waals surface area contributed by atoms with Crippen molar-refractivity contribution in [1.82, 2.24) is 30.0 Å². The van der Waals surface area contributed by atoms with Crippen molar-refractivity contribution < 1.29 is 0 Å². The first kappa shape index (κ1) is 20.6. The summed E-state index contributed by atoms with van der Waals surface area (Å²) in [5, 5.41) is 21.9. The van der Waals surface area contributed by atoms with Gasteiger partial charge in [0.05, 0.1) is 23.8 Å². The zero-order valence-corrected chi connectivity index (χ0v) is 19.2. The van der Waals surface area contributed by atoms with Crippen LogP contribution in [0.3, 0.4) is 0 Å². The first-order valence-electron chi connectivity index (χ1n) is 10.5. The van der Waals surface area contributed by atoms with E-state index >= 15 is 0 Å². The molecule has 0 atom stereocenters. The molecule has 0 saturated carbocycles. The second-order valence-corrected chi connectivity index (χ2v) is 8.58. The molecule has 164 valence electrons. The van der Waals surface area contributed by atoms with E-state index in [1.165, 1.54) is 0 Å². The fourth-order valence-corrected chi connectivity index (χ4v) is 4.15. The first-order chi connectivity index (χ1) is 16.7. The maximum atomic E-state index is 6.03. The van der Waals surface area contributed by atoms with Crippen LogP contribution in [0.25, 0.3) is 44.7 Å². The third-order valence-electron chi connectivity index (χ3n) is 5.56. The molecule has 6 nitrogen and oxygen atoms in total. The van der Waals surface area contributed by atoms with Gasteiger partial charge < -0.3 is 0 Å². The van der Waals surface area contributed by atoms with E-state index in [0.717, 1.165) is 44.7 Å². The summed E-state index contributed by atoms with van der Waals surface area (Å²) in [6, 6.07) is 27.1. The van der Waals surface area contributed by atoms with Crippen LogP contribution in [0.2, 0.25) is 10.0 Å². The van der Waals surface area contributed by atoms with Crippen molar-refractivity contribution in [1.29, 1.82) is 0 Å². The molecule has 0 unspecified atom stereocenters. The van der Waals surface area contributed by atoms with Crippen molar-refractivity contribution in [2.24, 2.45) is 0 Å². The molecular weight excluding hydrogens is 467 g/mol. The van der Waals surface area contributed by atoms with Crippen molar-refractivity contribution in [2.45, 2.75) is 0 Å². The summed E-state index contributed by atoms with van der Waals surface area (Å²) in [4.78, 5) is 3.28. The predicted molar refractivity (Wildman–Crippen MR) is 135 cm³/mol. The van der Waals surface area contributed by atoms with Gasteiger partial charge in [0, 0.05) is 26.6 Å². The van der Waals surface area contributed by atoms with Crippen LogP contribution >= 0.6 is 23.2 Å². The molecule has 0 spiro atoms. The number of benzene rings is 4. The standard InChI is InChI=1S/C26H16Cl2N6/c27-20-11-7-17(8-12-20)22-15-29-33(31-22)24-5-1-3-19-4-2-6-25(26(19)24)34-30-16-23(32-34)18-9-13-21(28)14-10-18/h1-16H. The maximum absolute atomic E-state index is 6.03. The minimum absolute atomic E-state index is 0.680. The van der Waals surface area contributed by atoms with E-state index in [-0.39, 0.29) is 0 Å². The van der Waals surface area contributed by atoms with Crippen LogP contribution in [-0.4, -0.2) is 30.0 Å². The van der Waals surface area contributed by atoms with E-state index in [1.807, 2.05) is 72.8 Å². The van der Waals surface area contributed by atoms with Gasteiger partial charge in [-0.15, -0.1) is 10.2 Å². The molecule has 8 heteroatoms. The monoisotopic (exact) mass is 482 g/mol. The number of hydrogen-bond donors (Lipinski definition) is 0. The SMILES string of the molecule is Clc1ccc(-c2cnn(-c3cccc4cccc(-n5ncc(-c6ccc(Cl)cc6)n5)c34)n2)cc1. The van der Waals surface area contributed by atoms with Gasteiger partial charge >= 0.3 is 0 Å². The highest BCUT2D eigenvalue weighted by atomic mass is 35.5. The lowest BCUT2D eigenvalue weighted by atomic mass is 10.1. The van der Waals surface area contributed by atoms with Gasteiger partial charge in [0.1, 0.15) is 11.4 Å². The lowest BCUT2D eigenvalue weighted by molar-refractivity contribution is 0.746. The van der Waals surface area contributed by atoms with Crippen molar-refractivity contribution in [3.05, 3.63) is 107 Å². The van der Waals surface area contributed by atoms with Crippen molar-refractivity contribution in [2.75, 3.05) is 0 Å². The number of halogens is 2. The van der Waals surface area contributed by atoms with Gasteiger partial charge in [-0.25, -0.2) is 0 Å². The second-order valence-electron chi connectivity index (χ2n) is 7.70. The average molecular weight is 483 g/mol. The smallest absolute Gasteiger partial charge is 0.113 e. The van der Waals surface area contributed by atoms with Crippen molar-refractivity contribution in [3.8, 4) is 33.9 Å². The molecule has 2 heterocycles. The lowest BCUT2D eigenvalue weighted by Gasteiger charge is -2.10. The molecule has 0 saturated heterocycles. The van der Waals surface area contributed by atoms with Crippen LogP contribution in [0.15, 0.2) is 97.3 Å². The number of fused-ring (bicyclic) bond motifs is 1. The Morgan fingerprint density at radius 3 is 1.41 bits per heavy atom. The summed E-state index contributed by atoms with van der Waals surface area (Å²) in [6.07, 6.45) is 3.49. The van der Waals surface area contributed by atoms with Crippen LogP contribution in [0.5, 0.6) is 0 Å². The normalized spacial score (nSPS) is 11.2. The summed E-state index contributed by atoms with van der Waals surface area (Å²) in [6.45, 7) is 0. The molecule has 6 aromatic rings. The highest BCUT2D eigenvalue weighted by molar-refractivity contribution is 6.30. The number of rotatable bonds is 4. The minimum atomic E-state index is 0.680. The Morgan fingerprint density at radius 2 is 0.971 bits per heavy atom. The Bertz CT molecular complexity index is 1500. The Kier molecular flexibility index (Phi) is 5.09. The molecule has 0 aliphatic carbocycles. The maximum Gasteiger partial charge on any atom is 0.113 e. The van der Waals surface area contributed by atoms with Gasteiger partial charge in [0.25, 0.3) is 0 Å². The summed E-state index contributed by atoms with van der Waals surface area (Å²) in [5.74, 6) is 0. The van der Waals surface area contributed by atoms with Gasteiger partial charge in [0.2, 0.25) is 0 Å². The molecule has 4 aromatic carbocycles. The largest absolute Gasteiger partial charge is 0.156 e. The third kappa shape index (κ3) is 3.73. The lowest BCUT2D eigenvalue weighted by Crippen LogP contribution is -2.05. The van der Waals surface area contributed by atoms with Gasteiger partial charge in [0.15, 0.2) is 0 Å². The molecule has 2 aromatic heterocycles. The minimum Gasteiger partial charge on any atom is -0.156 e. The van der Waals surface area contributed by atoms with Crippen LogP contribution in [0.4, 0.5) is 0 Å².